The summed E-state index contributed by atoms with van der Waals surface area (Å²) in [6, 6.07) is 10.1. The minimum absolute atomic E-state index is 0.475. The third-order valence-electron chi connectivity index (χ3n) is 3.76. The summed E-state index contributed by atoms with van der Waals surface area (Å²) in [7, 11) is 0. The monoisotopic (exact) mass is 285 g/mol. The van der Waals surface area contributed by atoms with Gasteiger partial charge < -0.3 is 0 Å². The molecule has 0 radical (unpaired) electrons. The molecule has 0 amide bonds. The van der Waals surface area contributed by atoms with Crippen molar-refractivity contribution >= 4 is 16.6 Å². The summed E-state index contributed by atoms with van der Waals surface area (Å²) in [6.07, 6.45) is 7.00. The van der Waals surface area contributed by atoms with E-state index in [1.165, 1.54) is 6.20 Å². The zero-order valence-electron chi connectivity index (χ0n) is 11.9. The highest BCUT2D eigenvalue weighted by atomic mass is 15.2. The van der Waals surface area contributed by atoms with Gasteiger partial charge in [0, 0.05) is 29.5 Å². The topological polar surface area (TPSA) is 66.9 Å². The first-order valence-electron chi connectivity index (χ1n) is 6.86. The molecule has 5 nitrogen and oxygen atoms in total. The zero-order chi connectivity index (χ0) is 15.1. The molecule has 0 aliphatic rings. The Morgan fingerprint density at radius 2 is 2.05 bits per heavy atom. The molecular formula is C17H11N5. The van der Waals surface area contributed by atoms with Crippen LogP contribution in [0.5, 0.6) is 0 Å². The first-order valence-corrected chi connectivity index (χ1v) is 6.86. The van der Waals surface area contributed by atoms with Crippen molar-refractivity contribution in [3.63, 3.8) is 0 Å². The molecule has 22 heavy (non-hydrogen) atoms. The van der Waals surface area contributed by atoms with E-state index in [9.17, 15) is 0 Å². The van der Waals surface area contributed by atoms with Gasteiger partial charge >= 0.3 is 0 Å². The Morgan fingerprint density at radius 3 is 2.91 bits per heavy atom. The Bertz CT molecular complexity index is 1060. The molecule has 3 heterocycles. The van der Waals surface area contributed by atoms with Gasteiger partial charge in [0.2, 0.25) is 0 Å². The largest absolute Gasteiger partial charge is 0.256 e. The summed E-state index contributed by atoms with van der Waals surface area (Å²) in [6.45, 7) is 2.07. The van der Waals surface area contributed by atoms with E-state index in [1.54, 1.807) is 16.9 Å². The van der Waals surface area contributed by atoms with Crippen molar-refractivity contribution in [1.29, 1.82) is 5.26 Å². The summed E-state index contributed by atoms with van der Waals surface area (Å²) in [4.78, 5) is 8.80. The Labute approximate surface area is 126 Å². The van der Waals surface area contributed by atoms with Gasteiger partial charge in [0.05, 0.1) is 11.7 Å². The summed E-state index contributed by atoms with van der Waals surface area (Å²) in [5.41, 5.74) is 5.19. The van der Waals surface area contributed by atoms with E-state index in [-0.39, 0.29) is 0 Å². The van der Waals surface area contributed by atoms with E-state index >= 15 is 0 Å². The van der Waals surface area contributed by atoms with Crippen molar-refractivity contribution in [2.75, 3.05) is 0 Å². The average Bonchev–Trinajstić information content (AvgIpc) is 2.97. The highest BCUT2D eigenvalue weighted by molar-refractivity contribution is 5.96. The van der Waals surface area contributed by atoms with Crippen molar-refractivity contribution in [2.24, 2.45) is 0 Å². The fourth-order valence-electron chi connectivity index (χ4n) is 2.73. The van der Waals surface area contributed by atoms with Crippen LogP contribution in [0.25, 0.3) is 27.7 Å². The maximum Gasteiger partial charge on any atom is 0.172 e. The molecule has 104 valence electrons. The molecule has 0 bridgehead atoms. The fourth-order valence-corrected chi connectivity index (χ4v) is 2.73. The lowest BCUT2D eigenvalue weighted by atomic mass is 9.98. The normalized spacial score (nSPS) is 10.9. The van der Waals surface area contributed by atoms with Crippen molar-refractivity contribution in [3.05, 3.63) is 60.2 Å². The molecule has 0 unspecified atom stereocenters. The van der Waals surface area contributed by atoms with Gasteiger partial charge in [0.15, 0.2) is 5.65 Å². The molecule has 1 aromatic carbocycles. The quantitative estimate of drug-likeness (QED) is 0.539. The molecule has 0 saturated heterocycles. The van der Waals surface area contributed by atoms with Gasteiger partial charge in [0.25, 0.3) is 0 Å². The highest BCUT2D eigenvalue weighted by Gasteiger charge is 2.11. The first kappa shape index (κ1) is 12.5. The van der Waals surface area contributed by atoms with Crippen molar-refractivity contribution < 1.29 is 0 Å². The lowest BCUT2D eigenvalue weighted by Gasteiger charge is -2.10. The lowest BCUT2D eigenvalue weighted by Crippen LogP contribution is -1.94. The number of hydrogen-bond donors (Lipinski definition) is 0. The molecule has 3 aromatic heterocycles. The van der Waals surface area contributed by atoms with Crippen molar-refractivity contribution in [2.45, 2.75) is 6.92 Å². The third-order valence-corrected chi connectivity index (χ3v) is 3.76. The van der Waals surface area contributed by atoms with Crippen LogP contribution in [0, 0.1) is 18.3 Å². The van der Waals surface area contributed by atoms with Crippen molar-refractivity contribution in [1.82, 2.24) is 19.6 Å². The number of aromatic nitrogens is 4. The molecule has 5 heteroatoms. The van der Waals surface area contributed by atoms with Crippen LogP contribution in [0.1, 0.15) is 11.1 Å². The van der Waals surface area contributed by atoms with Gasteiger partial charge in [-0.2, -0.15) is 10.4 Å². The number of nitriles is 1. The van der Waals surface area contributed by atoms with E-state index in [1.807, 2.05) is 18.3 Å². The summed E-state index contributed by atoms with van der Waals surface area (Å²) >= 11 is 0. The van der Waals surface area contributed by atoms with Crippen molar-refractivity contribution in [3.8, 4) is 17.2 Å². The number of benzene rings is 1. The average molecular weight is 285 g/mol. The van der Waals surface area contributed by atoms with Crippen LogP contribution in [0.15, 0.2) is 49.1 Å². The number of rotatable bonds is 1. The molecule has 4 aromatic rings. The highest BCUT2D eigenvalue weighted by Crippen LogP contribution is 2.30. The van der Waals surface area contributed by atoms with E-state index in [0.717, 1.165) is 27.6 Å². The zero-order valence-corrected chi connectivity index (χ0v) is 11.9. The molecule has 0 spiro atoms. The summed E-state index contributed by atoms with van der Waals surface area (Å²) < 4.78 is 1.64. The number of nitrogens with zero attached hydrogens (tertiary/aromatic N) is 5. The smallest absolute Gasteiger partial charge is 0.172 e. The molecule has 0 fully saturated rings. The maximum absolute atomic E-state index is 9.04. The van der Waals surface area contributed by atoms with Gasteiger partial charge in [-0.05, 0) is 30.2 Å². The fraction of sp³-hybridized carbons (Fsp3) is 0.0588. The number of pyridine rings is 1. The second-order valence-electron chi connectivity index (χ2n) is 5.11. The molecular weight excluding hydrogens is 274 g/mol. The Hall–Kier alpha value is -3.26. The van der Waals surface area contributed by atoms with Gasteiger partial charge in [0.1, 0.15) is 11.6 Å². The summed E-state index contributed by atoms with van der Waals surface area (Å²) in [5.74, 6) is 0. The Balaban J connectivity index is 2.03. The van der Waals surface area contributed by atoms with Crippen LogP contribution in [-0.2, 0) is 0 Å². The SMILES string of the molecule is Cc1ccc2ncccc2c1-c1cnc2c(C#N)cnn2c1. The van der Waals surface area contributed by atoms with Crippen LogP contribution in [-0.4, -0.2) is 19.6 Å². The van der Waals surface area contributed by atoms with Gasteiger partial charge in [-0.15, -0.1) is 0 Å². The van der Waals surface area contributed by atoms with Crippen LogP contribution < -0.4 is 0 Å². The molecule has 0 N–H and O–H groups in total. The molecule has 0 atom stereocenters. The Kier molecular flexibility index (Phi) is 2.63. The van der Waals surface area contributed by atoms with Crippen LogP contribution in [0.4, 0.5) is 0 Å². The second kappa shape index (κ2) is 4.64. The van der Waals surface area contributed by atoms with Gasteiger partial charge in [-0.3, -0.25) is 4.98 Å². The van der Waals surface area contributed by atoms with E-state index < -0.39 is 0 Å². The van der Waals surface area contributed by atoms with Gasteiger partial charge in [-0.25, -0.2) is 9.50 Å². The standard InChI is InChI=1S/C17H11N5/c1-11-4-5-15-14(3-2-6-19-15)16(11)13-8-20-17-12(7-18)9-21-22(17)10-13/h2-6,8-10H,1H3. The van der Waals surface area contributed by atoms with Crippen LogP contribution in [0.2, 0.25) is 0 Å². The first-order chi connectivity index (χ1) is 10.8. The summed E-state index contributed by atoms with van der Waals surface area (Å²) in [5, 5.41) is 14.3. The number of fused-ring (bicyclic) bond motifs is 2. The van der Waals surface area contributed by atoms with E-state index in [2.05, 4.69) is 40.2 Å². The van der Waals surface area contributed by atoms with Crippen LogP contribution in [0.3, 0.4) is 0 Å². The number of aryl methyl sites for hydroxylation is 1. The van der Waals surface area contributed by atoms with E-state index in [4.69, 9.17) is 5.26 Å². The predicted molar refractivity (Wildman–Crippen MR) is 83.2 cm³/mol. The minimum Gasteiger partial charge on any atom is -0.256 e. The molecule has 0 saturated carbocycles. The molecule has 0 aliphatic heterocycles. The van der Waals surface area contributed by atoms with E-state index in [0.29, 0.717) is 11.2 Å². The van der Waals surface area contributed by atoms with Gasteiger partial charge in [-0.1, -0.05) is 12.1 Å². The predicted octanol–water partition coefficient (Wildman–Crippen LogP) is 3.12. The molecule has 0 aliphatic carbocycles. The van der Waals surface area contributed by atoms with Crippen LogP contribution >= 0.6 is 0 Å². The minimum atomic E-state index is 0.475. The lowest BCUT2D eigenvalue weighted by molar-refractivity contribution is 0.941. The third kappa shape index (κ3) is 1.75. The molecule has 4 rings (SSSR count). The number of hydrogen-bond acceptors (Lipinski definition) is 4. The maximum atomic E-state index is 9.04. The second-order valence-corrected chi connectivity index (χ2v) is 5.11. The Morgan fingerprint density at radius 1 is 1.14 bits per heavy atom.